The predicted molar refractivity (Wildman–Crippen MR) is 79.9 cm³/mol. The summed E-state index contributed by atoms with van der Waals surface area (Å²) in [6.07, 6.45) is 1.88. The van der Waals surface area contributed by atoms with Gasteiger partial charge in [-0.2, -0.15) is 5.10 Å². The molecule has 19 heavy (non-hydrogen) atoms. The van der Waals surface area contributed by atoms with Gasteiger partial charge in [0.05, 0.1) is 23.3 Å². The van der Waals surface area contributed by atoms with Crippen LogP contribution in [0.2, 0.25) is 0 Å². The Bertz CT molecular complexity index is 526. The largest absolute Gasteiger partial charge is 0.381 e. The van der Waals surface area contributed by atoms with Crippen molar-refractivity contribution < 1.29 is 0 Å². The van der Waals surface area contributed by atoms with Gasteiger partial charge in [-0.1, -0.05) is 31.5 Å². The topological polar surface area (TPSA) is 55.9 Å². The molecular weight excluding hydrogens is 236 g/mol. The molecule has 1 heterocycles. The van der Waals surface area contributed by atoms with Crippen molar-refractivity contribution in [3.05, 3.63) is 41.7 Å². The third kappa shape index (κ3) is 2.96. The smallest absolute Gasteiger partial charge is 0.0767 e. The lowest BCUT2D eigenvalue weighted by atomic mass is 10.1. The SMILES string of the molecule is Cc1ccc(-n2ncc(NCCN)c2C(C)C)cc1. The van der Waals surface area contributed by atoms with E-state index in [9.17, 15) is 0 Å². The Balaban J connectivity index is 2.39. The molecule has 4 heteroatoms. The van der Waals surface area contributed by atoms with Gasteiger partial charge in [-0.3, -0.25) is 0 Å². The van der Waals surface area contributed by atoms with Crippen molar-refractivity contribution >= 4 is 5.69 Å². The van der Waals surface area contributed by atoms with E-state index in [2.05, 4.69) is 55.5 Å². The number of nitrogens with one attached hydrogen (secondary N) is 1. The number of benzene rings is 1. The summed E-state index contributed by atoms with van der Waals surface area (Å²) >= 11 is 0. The molecule has 4 nitrogen and oxygen atoms in total. The Morgan fingerprint density at radius 2 is 1.95 bits per heavy atom. The van der Waals surface area contributed by atoms with Gasteiger partial charge in [-0.25, -0.2) is 4.68 Å². The van der Waals surface area contributed by atoms with Gasteiger partial charge in [0.25, 0.3) is 0 Å². The molecule has 0 amide bonds. The second kappa shape index (κ2) is 5.89. The lowest BCUT2D eigenvalue weighted by molar-refractivity contribution is 0.734. The average Bonchev–Trinajstić information content (AvgIpc) is 2.81. The molecule has 0 bridgehead atoms. The number of hydrogen-bond donors (Lipinski definition) is 2. The standard InChI is InChI=1S/C15H22N4/c1-11(2)15-14(17-9-8-16)10-18-19(15)13-6-4-12(3)5-7-13/h4-7,10-11,17H,8-9,16H2,1-3H3. The molecule has 1 aromatic carbocycles. The van der Waals surface area contributed by atoms with Crippen molar-refractivity contribution in [2.45, 2.75) is 26.7 Å². The Morgan fingerprint density at radius 1 is 1.26 bits per heavy atom. The number of hydrogen-bond acceptors (Lipinski definition) is 3. The van der Waals surface area contributed by atoms with Gasteiger partial charge in [-0.05, 0) is 25.0 Å². The number of aryl methyl sites for hydroxylation is 1. The van der Waals surface area contributed by atoms with Gasteiger partial charge in [0.15, 0.2) is 0 Å². The third-order valence-corrected chi connectivity index (χ3v) is 3.09. The molecule has 102 valence electrons. The molecule has 0 fully saturated rings. The van der Waals surface area contributed by atoms with Crippen molar-refractivity contribution in [1.82, 2.24) is 9.78 Å². The van der Waals surface area contributed by atoms with Crippen molar-refractivity contribution in [1.29, 1.82) is 0 Å². The average molecular weight is 258 g/mol. The maximum absolute atomic E-state index is 5.55. The maximum atomic E-state index is 5.55. The number of aromatic nitrogens is 2. The quantitative estimate of drug-likeness (QED) is 0.867. The van der Waals surface area contributed by atoms with Crippen LogP contribution in [0.5, 0.6) is 0 Å². The molecule has 1 aromatic heterocycles. The van der Waals surface area contributed by atoms with Crippen molar-refractivity contribution in [2.24, 2.45) is 5.73 Å². The first-order valence-corrected chi connectivity index (χ1v) is 6.72. The second-order valence-electron chi connectivity index (χ2n) is 5.06. The van der Waals surface area contributed by atoms with E-state index < -0.39 is 0 Å². The minimum absolute atomic E-state index is 0.393. The van der Waals surface area contributed by atoms with Gasteiger partial charge < -0.3 is 11.1 Å². The number of nitrogens with two attached hydrogens (primary N) is 1. The lowest BCUT2D eigenvalue weighted by Crippen LogP contribution is -2.14. The predicted octanol–water partition coefficient (Wildman–Crippen LogP) is 2.67. The zero-order valence-electron chi connectivity index (χ0n) is 11.9. The number of anilines is 1. The fourth-order valence-electron chi connectivity index (χ4n) is 2.15. The normalized spacial score (nSPS) is 11.0. The molecule has 0 saturated carbocycles. The highest BCUT2D eigenvalue weighted by Crippen LogP contribution is 2.26. The molecule has 2 aromatic rings. The molecule has 0 aliphatic heterocycles. The van der Waals surface area contributed by atoms with Crippen LogP contribution in [-0.4, -0.2) is 22.9 Å². The van der Waals surface area contributed by atoms with E-state index in [4.69, 9.17) is 5.73 Å². The van der Waals surface area contributed by atoms with Gasteiger partial charge in [0, 0.05) is 13.1 Å². The molecule has 0 unspecified atom stereocenters. The molecular formula is C15H22N4. The molecule has 0 radical (unpaired) electrons. The van der Waals surface area contributed by atoms with Crippen LogP contribution in [0.25, 0.3) is 5.69 Å². The van der Waals surface area contributed by atoms with Crippen LogP contribution in [0.3, 0.4) is 0 Å². The van der Waals surface area contributed by atoms with Gasteiger partial charge in [0.2, 0.25) is 0 Å². The van der Waals surface area contributed by atoms with Gasteiger partial charge in [0.1, 0.15) is 0 Å². The van der Waals surface area contributed by atoms with E-state index in [1.54, 1.807) is 0 Å². The van der Waals surface area contributed by atoms with E-state index in [0.717, 1.165) is 17.9 Å². The summed E-state index contributed by atoms with van der Waals surface area (Å²) in [5, 5.41) is 7.84. The fraction of sp³-hybridized carbons (Fsp3) is 0.400. The second-order valence-corrected chi connectivity index (χ2v) is 5.06. The monoisotopic (exact) mass is 258 g/mol. The highest BCUT2D eigenvalue weighted by molar-refractivity contribution is 5.51. The molecule has 2 rings (SSSR count). The Kier molecular flexibility index (Phi) is 4.22. The highest BCUT2D eigenvalue weighted by atomic mass is 15.3. The number of nitrogens with zero attached hydrogens (tertiary/aromatic N) is 2. The van der Waals surface area contributed by atoms with Gasteiger partial charge in [-0.15, -0.1) is 0 Å². The van der Waals surface area contributed by atoms with Crippen molar-refractivity contribution in [3.63, 3.8) is 0 Å². The summed E-state index contributed by atoms with van der Waals surface area (Å²) in [5.41, 5.74) is 10.2. The summed E-state index contributed by atoms with van der Waals surface area (Å²) in [5.74, 6) is 0.393. The first-order chi connectivity index (χ1) is 9.13. The maximum Gasteiger partial charge on any atom is 0.0767 e. The van der Waals surface area contributed by atoms with Crippen LogP contribution in [-0.2, 0) is 0 Å². The van der Waals surface area contributed by atoms with E-state index in [-0.39, 0.29) is 0 Å². The summed E-state index contributed by atoms with van der Waals surface area (Å²) in [6.45, 7) is 7.82. The zero-order chi connectivity index (χ0) is 13.8. The van der Waals surface area contributed by atoms with E-state index in [0.29, 0.717) is 12.5 Å². The summed E-state index contributed by atoms with van der Waals surface area (Å²) in [7, 11) is 0. The molecule has 0 atom stereocenters. The van der Waals surface area contributed by atoms with Crippen LogP contribution in [0.15, 0.2) is 30.5 Å². The van der Waals surface area contributed by atoms with Crippen LogP contribution in [0.4, 0.5) is 5.69 Å². The van der Waals surface area contributed by atoms with E-state index >= 15 is 0 Å². The van der Waals surface area contributed by atoms with Crippen LogP contribution in [0, 0.1) is 6.92 Å². The van der Waals surface area contributed by atoms with Crippen LogP contribution < -0.4 is 11.1 Å². The molecule has 0 spiro atoms. The summed E-state index contributed by atoms with van der Waals surface area (Å²) in [4.78, 5) is 0. The summed E-state index contributed by atoms with van der Waals surface area (Å²) in [6, 6.07) is 8.41. The van der Waals surface area contributed by atoms with Crippen LogP contribution >= 0.6 is 0 Å². The molecule has 0 aliphatic rings. The highest BCUT2D eigenvalue weighted by Gasteiger charge is 2.15. The molecule has 0 aliphatic carbocycles. The van der Waals surface area contributed by atoms with Crippen molar-refractivity contribution in [3.8, 4) is 5.69 Å². The first kappa shape index (κ1) is 13.6. The number of rotatable bonds is 5. The molecule has 0 saturated heterocycles. The summed E-state index contributed by atoms with van der Waals surface area (Å²) < 4.78 is 2.00. The van der Waals surface area contributed by atoms with Crippen molar-refractivity contribution in [2.75, 3.05) is 18.4 Å². The van der Waals surface area contributed by atoms with Gasteiger partial charge >= 0.3 is 0 Å². The Morgan fingerprint density at radius 3 is 2.53 bits per heavy atom. The van der Waals surface area contributed by atoms with E-state index in [1.807, 2.05) is 10.9 Å². The zero-order valence-corrected chi connectivity index (χ0v) is 11.9. The minimum atomic E-state index is 0.393. The van der Waals surface area contributed by atoms with E-state index in [1.165, 1.54) is 11.3 Å². The third-order valence-electron chi connectivity index (χ3n) is 3.09. The van der Waals surface area contributed by atoms with Crippen LogP contribution in [0.1, 0.15) is 31.0 Å². The fourth-order valence-corrected chi connectivity index (χ4v) is 2.15. The Hall–Kier alpha value is -1.81. The lowest BCUT2D eigenvalue weighted by Gasteiger charge is -2.13. The Labute approximate surface area is 114 Å². The first-order valence-electron chi connectivity index (χ1n) is 6.72. The molecule has 3 N–H and O–H groups in total. The minimum Gasteiger partial charge on any atom is -0.381 e.